The summed E-state index contributed by atoms with van der Waals surface area (Å²) in [4.78, 5) is 22.5. The third kappa shape index (κ3) is 4.67. The molecule has 1 rings (SSSR count). The molecule has 0 N–H and O–H groups in total. The van der Waals surface area contributed by atoms with Gasteiger partial charge in [-0.2, -0.15) is 0 Å². The number of carbonyl (C=O) groups is 2. The van der Waals surface area contributed by atoms with Crippen LogP contribution in [0.2, 0.25) is 0 Å². The molecule has 18 heavy (non-hydrogen) atoms. The maximum Gasteiger partial charge on any atom is 0.306 e. The SMILES string of the molecule is CCCOC(=O)C[C@H]1CC[C@H](C)[C@H]1COC(C)=O. The third-order valence-electron chi connectivity index (χ3n) is 3.70. The quantitative estimate of drug-likeness (QED) is 0.685. The molecule has 1 saturated carbocycles. The molecule has 0 aliphatic heterocycles. The van der Waals surface area contributed by atoms with E-state index in [2.05, 4.69) is 6.92 Å². The summed E-state index contributed by atoms with van der Waals surface area (Å²) in [7, 11) is 0. The minimum absolute atomic E-state index is 0.122. The van der Waals surface area contributed by atoms with Crippen LogP contribution < -0.4 is 0 Å². The van der Waals surface area contributed by atoms with Crippen LogP contribution in [-0.2, 0) is 19.1 Å². The van der Waals surface area contributed by atoms with E-state index in [1.165, 1.54) is 6.92 Å². The van der Waals surface area contributed by atoms with Crippen molar-refractivity contribution in [2.45, 2.75) is 46.5 Å². The van der Waals surface area contributed by atoms with Gasteiger partial charge in [0.15, 0.2) is 0 Å². The molecule has 104 valence electrons. The van der Waals surface area contributed by atoms with Gasteiger partial charge in [-0.15, -0.1) is 0 Å². The molecule has 3 atom stereocenters. The van der Waals surface area contributed by atoms with Crippen molar-refractivity contribution in [1.29, 1.82) is 0 Å². The summed E-state index contributed by atoms with van der Waals surface area (Å²) in [5, 5.41) is 0. The van der Waals surface area contributed by atoms with Crippen molar-refractivity contribution < 1.29 is 19.1 Å². The van der Waals surface area contributed by atoms with Crippen LogP contribution in [0.1, 0.15) is 46.5 Å². The lowest BCUT2D eigenvalue weighted by atomic mass is 9.89. The van der Waals surface area contributed by atoms with Crippen LogP contribution in [-0.4, -0.2) is 25.2 Å². The van der Waals surface area contributed by atoms with E-state index in [1.54, 1.807) is 0 Å². The highest BCUT2D eigenvalue weighted by molar-refractivity contribution is 5.69. The summed E-state index contributed by atoms with van der Waals surface area (Å²) in [6.45, 7) is 6.49. The van der Waals surface area contributed by atoms with Gasteiger partial charge in [0.25, 0.3) is 0 Å². The van der Waals surface area contributed by atoms with Gasteiger partial charge in [0.1, 0.15) is 0 Å². The van der Waals surface area contributed by atoms with Gasteiger partial charge in [-0.05, 0) is 30.6 Å². The smallest absolute Gasteiger partial charge is 0.306 e. The Morgan fingerprint density at radius 1 is 1.22 bits per heavy atom. The molecule has 0 heterocycles. The van der Waals surface area contributed by atoms with Crippen molar-refractivity contribution in [1.82, 2.24) is 0 Å². The Hall–Kier alpha value is -1.06. The average molecular weight is 256 g/mol. The molecule has 0 radical (unpaired) electrons. The first-order chi connectivity index (χ1) is 8.54. The highest BCUT2D eigenvalue weighted by Gasteiger charge is 2.35. The van der Waals surface area contributed by atoms with Crippen LogP contribution in [0.25, 0.3) is 0 Å². The maximum atomic E-state index is 11.6. The van der Waals surface area contributed by atoms with Crippen LogP contribution >= 0.6 is 0 Å². The fourth-order valence-corrected chi connectivity index (χ4v) is 2.63. The largest absolute Gasteiger partial charge is 0.466 e. The van der Waals surface area contributed by atoms with Crippen LogP contribution in [0.5, 0.6) is 0 Å². The van der Waals surface area contributed by atoms with E-state index in [0.29, 0.717) is 37.4 Å². The molecular formula is C14H24O4. The second kappa shape index (κ2) is 7.39. The molecule has 1 aliphatic carbocycles. The van der Waals surface area contributed by atoms with Gasteiger partial charge in [-0.3, -0.25) is 9.59 Å². The lowest BCUT2D eigenvalue weighted by Crippen LogP contribution is -2.23. The first kappa shape index (κ1) is 15.0. The van der Waals surface area contributed by atoms with Crippen molar-refractivity contribution in [2.75, 3.05) is 13.2 Å². The first-order valence-corrected chi connectivity index (χ1v) is 6.83. The predicted octanol–water partition coefficient (Wildman–Crippen LogP) is 2.56. The molecule has 0 aromatic rings. The topological polar surface area (TPSA) is 52.6 Å². The molecular weight excluding hydrogens is 232 g/mol. The predicted molar refractivity (Wildman–Crippen MR) is 67.9 cm³/mol. The van der Waals surface area contributed by atoms with E-state index in [4.69, 9.17) is 9.47 Å². The van der Waals surface area contributed by atoms with E-state index < -0.39 is 0 Å². The minimum Gasteiger partial charge on any atom is -0.466 e. The maximum absolute atomic E-state index is 11.6. The number of carbonyl (C=O) groups excluding carboxylic acids is 2. The molecule has 0 unspecified atom stereocenters. The Kier molecular flexibility index (Phi) is 6.16. The Balaban J connectivity index is 2.42. The summed E-state index contributed by atoms with van der Waals surface area (Å²) in [6.07, 6.45) is 3.42. The average Bonchev–Trinajstić information content (AvgIpc) is 2.65. The van der Waals surface area contributed by atoms with Crippen LogP contribution in [0.4, 0.5) is 0 Å². The molecule has 0 bridgehead atoms. The standard InChI is InChI=1S/C14H24O4/c1-4-7-17-14(16)8-12-6-5-10(2)13(12)9-18-11(3)15/h10,12-13H,4-9H2,1-3H3/t10-,12+,13+/m0/s1. The lowest BCUT2D eigenvalue weighted by molar-refractivity contribution is -0.146. The van der Waals surface area contributed by atoms with E-state index in [-0.39, 0.29) is 11.9 Å². The normalized spacial score (nSPS) is 26.9. The second-order valence-corrected chi connectivity index (χ2v) is 5.21. The summed E-state index contributed by atoms with van der Waals surface area (Å²) < 4.78 is 10.2. The van der Waals surface area contributed by atoms with Gasteiger partial charge >= 0.3 is 11.9 Å². The first-order valence-electron chi connectivity index (χ1n) is 6.83. The van der Waals surface area contributed by atoms with E-state index >= 15 is 0 Å². The van der Waals surface area contributed by atoms with Crippen LogP contribution in [0, 0.1) is 17.8 Å². The molecule has 1 fully saturated rings. The van der Waals surface area contributed by atoms with Crippen molar-refractivity contribution in [3.05, 3.63) is 0 Å². The summed E-state index contributed by atoms with van der Waals surface area (Å²) in [5.74, 6) is 0.727. The molecule has 4 nitrogen and oxygen atoms in total. The number of hydrogen-bond acceptors (Lipinski definition) is 4. The van der Waals surface area contributed by atoms with Gasteiger partial charge in [-0.25, -0.2) is 0 Å². The van der Waals surface area contributed by atoms with Crippen molar-refractivity contribution >= 4 is 11.9 Å². The zero-order valence-electron chi connectivity index (χ0n) is 11.6. The number of esters is 2. The molecule has 0 aromatic heterocycles. The monoisotopic (exact) mass is 256 g/mol. The fraction of sp³-hybridized carbons (Fsp3) is 0.857. The highest BCUT2D eigenvalue weighted by atomic mass is 16.5. The van der Waals surface area contributed by atoms with E-state index in [9.17, 15) is 9.59 Å². The lowest BCUT2D eigenvalue weighted by Gasteiger charge is -2.21. The van der Waals surface area contributed by atoms with Gasteiger partial charge < -0.3 is 9.47 Å². The molecule has 0 amide bonds. The Morgan fingerprint density at radius 3 is 2.56 bits per heavy atom. The Morgan fingerprint density at radius 2 is 1.94 bits per heavy atom. The van der Waals surface area contributed by atoms with E-state index in [0.717, 1.165) is 19.3 Å². The van der Waals surface area contributed by atoms with Crippen LogP contribution in [0.15, 0.2) is 0 Å². The molecule has 0 saturated heterocycles. The molecule has 0 spiro atoms. The van der Waals surface area contributed by atoms with E-state index in [1.807, 2.05) is 6.92 Å². The molecule has 4 heteroatoms. The molecule has 1 aliphatic rings. The van der Waals surface area contributed by atoms with Gasteiger partial charge in [0.2, 0.25) is 0 Å². The zero-order valence-corrected chi connectivity index (χ0v) is 11.6. The number of rotatable bonds is 6. The summed E-state index contributed by atoms with van der Waals surface area (Å²) >= 11 is 0. The third-order valence-corrected chi connectivity index (χ3v) is 3.70. The van der Waals surface area contributed by atoms with Crippen molar-refractivity contribution in [3.8, 4) is 0 Å². The van der Waals surface area contributed by atoms with Gasteiger partial charge in [0, 0.05) is 13.3 Å². The summed E-state index contributed by atoms with van der Waals surface area (Å²) in [6, 6.07) is 0. The fourth-order valence-electron chi connectivity index (χ4n) is 2.63. The van der Waals surface area contributed by atoms with Gasteiger partial charge in [-0.1, -0.05) is 20.3 Å². The second-order valence-electron chi connectivity index (χ2n) is 5.21. The molecule has 0 aromatic carbocycles. The Bertz CT molecular complexity index is 288. The van der Waals surface area contributed by atoms with Gasteiger partial charge in [0.05, 0.1) is 13.2 Å². The van der Waals surface area contributed by atoms with Crippen molar-refractivity contribution in [2.24, 2.45) is 17.8 Å². The van der Waals surface area contributed by atoms with Crippen LogP contribution in [0.3, 0.4) is 0 Å². The summed E-state index contributed by atoms with van der Waals surface area (Å²) in [5.41, 5.74) is 0. The zero-order chi connectivity index (χ0) is 13.5. The highest BCUT2D eigenvalue weighted by Crippen LogP contribution is 2.39. The number of hydrogen-bond donors (Lipinski definition) is 0. The number of ether oxygens (including phenoxy) is 2. The Labute approximate surface area is 109 Å². The minimum atomic E-state index is -0.249. The van der Waals surface area contributed by atoms with Crippen molar-refractivity contribution in [3.63, 3.8) is 0 Å².